The molecule has 4 heteroatoms. The van der Waals surface area contributed by atoms with Crippen molar-refractivity contribution >= 4 is 21.6 Å². The second-order valence-electron chi connectivity index (χ2n) is 5.40. The van der Waals surface area contributed by atoms with Gasteiger partial charge in [-0.1, -0.05) is 28.1 Å². The molecular weight excluding hydrogens is 328 g/mol. The Kier molecular flexibility index (Phi) is 4.17. The minimum Gasteiger partial charge on any atom is -0.496 e. The lowest BCUT2D eigenvalue weighted by molar-refractivity contribution is 0.242. The van der Waals surface area contributed by atoms with Gasteiger partial charge in [-0.05, 0) is 41.8 Å². The maximum Gasteiger partial charge on any atom is 0.123 e. The van der Waals surface area contributed by atoms with Crippen LogP contribution in [0.2, 0.25) is 0 Å². The van der Waals surface area contributed by atoms with Gasteiger partial charge in [0.05, 0.1) is 7.11 Å². The second-order valence-corrected chi connectivity index (χ2v) is 6.32. The molecule has 21 heavy (non-hydrogen) atoms. The van der Waals surface area contributed by atoms with Crippen LogP contribution in [0, 0.1) is 0 Å². The average molecular weight is 347 g/mol. The van der Waals surface area contributed by atoms with Crippen molar-refractivity contribution in [3.63, 3.8) is 0 Å². The lowest BCUT2D eigenvalue weighted by Crippen LogP contribution is -2.30. The molecule has 0 unspecified atom stereocenters. The van der Waals surface area contributed by atoms with E-state index in [1.807, 2.05) is 24.3 Å². The zero-order valence-electron chi connectivity index (χ0n) is 12.1. The molecule has 0 atom stereocenters. The highest BCUT2D eigenvalue weighted by Gasteiger charge is 2.19. The summed E-state index contributed by atoms with van der Waals surface area (Å²) in [5.74, 6) is 0.941. The van der Waals surface area contributed by atoms with Crippen molar-refractivity contribution < 1.29 is 4.74 Å². The lowest BCUT2D eigenvalue weighted by atomic mass is 9.97. The molecule has 2 N–H and O–H groups in total. The molecule has 0 saturated heterocycles. The standard InChI is InChI=1S/C17H19BrN2O/c1-21-17-6-5-14(18)9-13(17)11-20-8-7-15-12(10-20)3-2-4-16(15)19/h2-6,9H,7-8,10-11,19H2,1H3. The Morgan fingerprint density at radius 3 is 2.95 bits per heavy atom. The Morgan fingerprint density at radius 2 is 2.14 bits per heavy atom. The van der Waals surface area contributed by atoms with E-state index in [-0.39, 0.29) is 0 Å². The molecule has 0 spiro atoms. The molecule has 1 aliphatic heterocycles. The summed E-state index contributed by atoms with van der Waals surface area (Å²) < 4.78 is 6.55. The molecule has 0 radical (unpaired) electrons. The highest BCUT2D eigenvalue weighted by Crippen LogP contribution is 2.28. The Balaban J connectivity index is 1.80. The van der Waals surface area contributed by atoms with Crippen LogP contribution >= 0.6 is 15.9 Å². The normalized spacial score (nSPS) is 14.8. The van der Waals surface area contributed by atoms with Crippen molar-refractivity contribution in [3.8, 4) is 5.75 Å². The quantitative estimate of drug-likeness (QED) is 0.863. The molecule has 0 saturated carbocycles. The molecule has 1 aliphatic rings. The van der Waals surface area contributed by atoms with Gasteiger partial charge < -0.3 is 10.5 Å². The van der Waals surface area contributed by atoms with E-state index in [4.69, 9.17) is 10.5 Å². The number of halogens is 1. The van der Waals surface area contributed by atoms with Crippen molar-refractivity contribution in [2.75, 3.05) is 19.4 Å². The smallest absolute Gasteiger partial charge is 0.123 e. The highest BCUT2D eigenvalue weighted by molar-refractivity contribution is 9.10. The van der Waals surface area contributed by atoms with E-state index in [1.54, 1.807) is 7.11 Å². The summed E-state index contributed by atoms with van der Waals surface area (Å²) in [7, 11) is 1.72. The second kappa shape index (κ2) is 6.08. The van der Waals surface area contributed by atoms with Gasteiger partial charge in [0, 0.05) is 35.4 Å². The fraction of sp³-hybridized carbons (Fsp3) is 0.294. The number of rotatable bonds is 3. The molecule has 110 valence electrons. The number of anilines is 1. The van der Waals surface area contributed by atoms with E-state index in [2.05, 4.69) is 33.0 Å². The van der Waals surface area contributed by atoms with Crippen LogP contribution in [0.1, 0.15) is 16.7 Å². The largest absolute Gasteiger partial charge is 0.496 e. The number of nitrogen functional groups attached to an aromatic ring is 1. The number of hydrogen-bond donors (Lipinski definition) is 1. The van der Waals surface area contributed by atoms with E-state index in [9.17, 15) is 0 Å². The monoisotopic (exact) mass is 346 g/mol. The predicted octanol–water partition coefficient (Wildman–Crippen LogP) is 3.60. The first-order valence-electron chi connectivity index (χ1n) is 7.08. The van der Waals surface area contributed by atoms with Crippen LogP contribution in [-0.2, 0) is 19.5 Å². The van der Waals surface area contributed by atoms with Crippen LogP contribution in [0.25, 0.3) is 0 Å². The fourth-order valence-electron chi connectivity index (χ4n) is 2.94. The third-order valence-corrected chi connectivity index (χ3v) is 4.51. The zero-order valence-corrected chi connectivity index (χ0v) is 13.7. The number of methoxy groups -OCH3 is 1. The van der Waals surface area contributed by atoms with Crippen LogP contribution in [-0.4, -0.2) is 18.6 Å². The minimum atomic E-state index is 0.886. The lowest BCUT2D eigenvalue weighted by Gasteiger charge is -2.30. The van der Waals surface area contributed by atoms with Gasteiger partial charge in [-0.3, -0.25) is 4.90 Å². The van der Waals surface area contributed by atoms with E-state index < -0.39 is 0 Å². The minimum absolute atomic E-state index is 0.886. The molecule has 2 aromatic carbocycles. The van der Waals surface area contributed by atoms with Gasteiger partial charge in [0.15, 0.2) is 0 Å². The SMILES string of the molecule is COc1ccc(Br)cc1CN1CCc2c(N)cccc2C1. The van der Waals surface area contributed by atoms with Crippen LogP contribution < -0.4 is 10.5 Å². The van der Waals surface area contributed by atoms with Crippen LogP contribution in [0.5, 0.6) is 5.75 Å². The van der Waals surface area contributed by atoms with Crippen LogP contribution in [0.3, 0.4) is 0 Å². The summed E-state index contributed by atoms with van der Waals surface area (Å²) >= 11 is 3.54. The van der Waals surface area contributed by atoms with Gasteiger partial charge in [-0.2, -0.15) is 0 Å². The summed E-state index contributed by atoms with van der Waals surface area (Å²) in [6.07, 6.45) is 1.01. The first-order chi connectivity index (χ1) is 10.2. The Morgan fingerprint density at radius 1 is 1.29 bits per heavy atom. The van der Waals surface area contributed by atoms with Gasteiger partial charge in [-0.25, -0.2) is 0 Å². The maximum absolute atomic E-state index is 6.06. The topological polar surface area (TPSA) is 38.5 Å². The molecular formula is C17H19BrN2O. The summed E-state index contributed by atoms with van der Waals surface area (Å²) in [5.41, 5.74) is 10.8. The van der Waals surface area contributed by atoms with Crippen molar-refractivity contribution in [1.82, 2.24) is 4.90 Å². The van der Waals surface area contributed by atoms with Crippen molar-refractivity contribution in [2.45, 2.75) is 19.5 Å². The Bertz CT molecular complexity index is 657. The molecule has 3 nitrogen and oxygen atoms in total. The number of ether oxygens (including phenoxy) is 1. The molecule has 0 aromatic heterocycles. The predicted molar refractivity (Wildman–Crippen MR) is 89.4 cm³/mol. The Labute approximate surface area is 133 Å². The molecule has 2 aromatic rings. The third kappa shape index (κ3) is 3.06. The van der Waals surface area contributed by atoms with Gasteiger partial charge in [0.2, 0.25) is 0 Å². The van der Waals surface area contributed by atoms with E-state index in [0.717, 1.165) is 42.0 Å². The summed E-state index contributed by atoms with van der Waals surface area (Å²) in [5, 5.41) is 0. The van der Waals surface area contributed by atoms with Crippen molar-refractivity contribution in [1.29, 1.82) is 0 Å². The van der Waals surface area contributed by atoms with Crippen molar-refractivity contribution in [3.05, 3.63) is 57.6 Å². The Hall–Kier alpha value is -1.52. The molecule has 0 fully saturated rings. The fourth-order valence-corrected chi connectivity index (χ4v) is 3.35. The van der Waals surface area contributed by atoms with E-state index >= 15 is 0 Å². The van der Waals surface area contributed by atoms with Gasteiger partial charge in [0.1, 0.15) is 5.75 Å². The maximum atomic E-state index is 6.06. The summed E-state index contributed by atoms with van der Waals surface area (Å²) in [4.78, 5) is 2.44. The third-order valence-electron chi connectivity index (χ3n) is 4.02. The number of fused-ring (bicyclic) bond motifs is 1. The van der Waals surface area contributed by atoms with E-state index in [0.29, 0.717) is 0 Å². The highest BCUT2D eigenvalue weighted by atomic mass is 79.9. The number of hydrogen-bond acceptors (Lipinski definition) is 3. The zero-order chi connectivity index (χ0) is 14.8. The molecule has 0 bridgehead atoms. The van der Waals surface area contributed by atoms with Crippen LogP contribution in [0.15, 0.2) is 40.9 Å². The summed E-state index contributed by atoms with van der Waals surface area (Å²) in [6.45, 7) is 2.85. The number of nitrogens with two attached hydrogens (primary N) is 1. The number of nitrogens with zero attached hydrogens (tertiary/aromatic N) is 1. The molecule has 0 aliphatic carbocycles. The van der Waals surface area contributed by atoms with Gasteiger partial charge in [-0.15, -0.1) is 0 Å². The molecule has 0 amide bonds. The van der Waals surface area contributed by atoms with Gasteiger partial charge in [0.25, 0.3) is 0 Å². The number of benzene rings is 2. The molecule has 1 heterocycles. The molecule has 3 rings (SSSR count). The average Bonchev–Trinajstić information content (AvgIpc) is 2.48. The summed E-state index contributed by atoms with van der Waals surface area (Å²) in [6, 6.07) is 12.4. The first-order valence-corrected chi connectivity index (χ1v) is 7.87. The first kappa shape index (κ1) is 14.4. The van der Waals surface area contributed by atoms with Crippen molar-refractivity contribution in [2.24, 2.45) is 0 Å². The van der Waals surface area contributed by atoms with Crippen LogP contribution in [0.4, 0.5) is 5.69 Å². The van der Waals surface area contributed by atoms with E-state index in [1.165, 1.54) is 16.7 Å². The van der Waals surface area contributed by atoms with Gasteiger partial charge >= 0.3 is 0 Å².